The van der Waals surface area contributed by atoms with Gasteiger partial charge in [-0.2, -0.15) is 0 Å². The largest absolute Gasteiger partial charge is 0.268 e. The summed E-state index contributed by atoms with van der Waals surface area (Å²) in [7, 11) is -3.59. The Kier molecular flexibility index (Phi) is 7.44. The number of rotatable bonds is 4. The van der Waals surface area contributed by atoms with Gasteiger partial charge in [0.2, 0.25) is 0 Å². The molecule has 2 heterocycles. The van der Waals surface area contributed by atoms with Crippen molar-refractivity contribution >= 4 is 32.9 Å². The van der Waals surface area contributed by atoms with Gasteiger partial charge in [-0.1, -0.05) is 44.9 Å². The van der Waals surface area contributed by atoms with Crippen molar-refractivity contribution in [2.24, 2.45) is 0 Å². The van der Waals surface area contributed by atoms with E-state index >= 15 is 0 Å². The van der Waals surface area contributed by atoms with Gasteiger partial charge in [0.25, 0.3) is 10.0 Å². The highest BCUT2D eigenvalue weighted by Crippen LogP contribution is 2.32. The molecule has 1 fully saturated rings. The number of aryl methyl sites for hydroxylation is 1. The van der Waals surface area contributed by atoms with Crippen LogP contribution in [-0.2, 0) is 10.0 Å². The van der Waals surface area contributed by atoms with Crippen molar-refractivity contribution in [1.82, 2.24) is 8.28 Å². The summed E-state index contributed by atoms with van der Waals surface area (Å²) in [5.74, 6) is 0. The second kappa shape index (κ2) is 9.83. The van der Waals surface area contributed by atoms with Crippen LogP contribution in [0.1, 0.15) is 45.1 Å². The van der Waals surface area contributed by atoms with Gasteiger partial charge >= 0.3 is 0 Å². The SMILES string of the molecule is CC.Cc1cn(S(=O)(=O)c2ccccc2)c2ccc(SN3CCCCCC3)cc12. The van der Waals surface area contributed by atoms with Gasteiger partial charge in [-0.15, -0.1) is 0 Å². The molecule has 0 saturated carbocycles. The lowest BCUT2D eigenvalue weighted by Gasteiger charge is -2.18. The van der Waals surface area contributed by atoms with Crippen LogP contribution < -0.4 is 0 Å². The minimum Gasteiger partial charge on any atom is -0.246 e. The molecule has 0 amide bonds. The van der Waals surface area contributed by atoms with Crippen LogP contribution in [0, 0.1) is 6.92 Å². The summed E-state index contributed by atoms with van der Waals surface area (Å²) >= 11 is 1.79. The Hall–Kier alpha value is -1.76. The highest BCUT2D eigenvalue weighted by molar-refractivity contribution is 7.97. The number of hydrogen-bond donors (Lipinski definition) is 0. The van der Waals surface area contributed by atoms with Gasteiger partial charge in [0.05, 0.1) is 10.4 Å². The monoisotopic (exact) mass is 430 g/mol. The molecule has 0 unspecified atom stereocenters. The molecule has 0 radical (unpaired) electrons. The normalized spacial score (nSPS) is 15.6. The zero-order valence-electron chi connectivity index (χ0n) is 17.5. The van der Waals surface area contributed by atoms with Crippen molar-refractivity contribution in [3.8, 4) is 0 Å². The summed E-state index contributed by atoms with van der Waals surface area (Å²) < 4.78 is 29.9. The Labute approximate surface area is 179 Å². The fourth-order valence-corrected chi connectivity index (χ4v) is 6.06. The van der Waals surface area contributed by atoms with E-state index in [9.17, 15) is 8.42 Å². The number of benzene rings is 2. The van der Waals surface area contributed by atoms with Crippen LogP contribution in [0.3, 0.4) is 0 Å². The Morgan fingerprint density at radius 1 is 0.897 bits per heavy atom. The van der Waals surface area contributed by atoms with Crippen molar-refractivity contribution in [2.45, 2.75) is 56.2 Å². The fraction of sp³-hybridized carbons (Fsp3) is 0.391. The molecule has 0 spiro atoms. The fourth-order valence-electron chi connectivity index (χ4n) is 3.58. The van der Waals surface area contributed by atoms with Crippen molar-refractivity contribution in [1.29, 1.82) is 0 Å². The Morgan fingerprint density at radius 2 is 1.55 bits per heavy atom. The lowest BCUT2D eigenvalue weighted by atomic mass is 10.2. The summed E-state index contributed by atoms with van der Waals surface area (Å²) in [5, 5.41) is 0.995. The van der Waals surface area contributed by atoms with Gasteiger partial charge < -0.3 is 0 Å². The van der Waals surface area contributed by atoms with E-state index in [0.29, 0.717) is 4.90 Å². The molecule has 0 N–H and O–H groups in total. The van der Waals surface area contributed by atoms with E-state index in [1.807, 2.05) is 39.0 Å². The van der Waals surface area contributed by atoms with Crippen molar-refractivity contribution < 1.29 is 8.42 Å². The number of hydrogen-bond acceptors (Lipinski definition) is 4. The van der Waals surface area contributed by atoms with Crippen molar-refractivity contribution in [3.05, 3.63) is 60.3 Å². The van der Waals surface area contributed by atoms with Crippen LogP contribution in [0.4, 0.5) is 0 Å². The molecule has 1 aromatic heterocycles. The average molecular weight is 431 g/mol. The van der Waals surface area contributed by atoms with E-state index in [2.05, 4.69) is 10.4 Å². The molecule has 2 aromatic carbocycles. The summed E-state index contributed by atoms with van der Waals surface area (Å²) in [6.07, 6.45) is 6.86. The van der Waals surface area contributed by atoms with E-state index in [-0.39, 0.29) is 0 Å². The van der Waals surface area contributed by atoms with Crippen LogP contribution in [0.15, 0.2) is 64.5 Å². The summed E-state index contributed by atoms with van der Waals surface area (Å²) in [6, 6.07) is 14.7. The molecule has 156 valence electrons. The predicted octanol–water partition coefficient (Wildman–Crippen LogP) is 6.10. The highest BCUT2D eigenvalue weighted by atomic mass is 32.2. The first kappa shape index (κ1) is 21.9. The maximum Gasteiger partial charge on any atom is 0.268 e. The third-order valence-electron chi connectivity index (χ3n) is 5.04. The molecule has 0 atom stereocenters. The van der Waals surface area contributed by atoms with Gasteiger partial charge in [-0.05, 0) is 67.6 Å². The highest BCUT2D eigenvalue weighted by Gasteiger charge is 2.20. The Morgan fingerprint density at radius 3 is 2.21 bits per heavy atom. The molecule has 0 aliphatic carbocycles. The lowest BCUT2D eigenvalue weighted by Crippen LogP contribution is -2.15. The van der Waals surface area contributed by atoms with Crippen molar-refractivity contribution in [2.75, 3.05) is 13.1 Å². The third kappa shape index (κ3) is 4.87. The van der Waals surface area contributed by atoms with E-state index < -0.39 is 10.0 Å². The van der Waals surface area contributed by atoms with E-state index in [1.165, 1.54) is 34.6 Å². The molecule has 4 rings (SSSR count). The summed E-state index contributed by atoms with van der Waals surface area (Å²) in [6.45, 7) is 8.20. The smallest absolute Gasteiger partial charge is 0.246 e. The summed E-state index contributed by atoms with van der Waals surface area (Å²) in [4.78, 5) is 1.48. The molecular formula is C23H30N2O2S2. The number of fused-ring (bicyclic) bond motifs is 1. The number of aromatic nitrogens is 1. The first-order valence-electron chi connectivity index (χ1n) is 10.4. The quantitative estimate of drug-likeness (QED) is 0.469. The van der Waals surface area contributed by atoms with Gasteiger partial charge in [0.1, 0.15) is 0 Å². The minimum atomic E-state index is -3.59. The third-order valence-corrected chi connectivity index (χ3v) is 7.82. The topological polar surface area (TPSA) is 42.3 Å². The van der Waals surface area contributed by atoms with Crippen LogP contribution in [-0.4, -0.2) is 29.8 Å². The van der Waals surface area contributed by atoms with Crippen LogP contribution >= 0.6 is 11.9 Å². The molecule has 3 aromatic rings. The summed E-state index contributed by atoms with van der Waals surface area (Å²) in [5.41, 5.74) is 1.71. The molecular weight excluding hydrogens is 400 g/mol. The van der Waals surface area contributed by atoms with Gasteiger partial charge in [-0.3, -0.25) is 0 Å². The van der Waals surface area contributed by atoms with Gasteiger partial charge in [0.15, 0.2) is 0 Å². The van der Waals surface area contributed by atoms with E-state index in [1.54, 1.807) is 42.4 Å². The molecule has 29 heavy (non-hydrogen) atoms. The lowest BCUT2D eigenvalue weighted by molar-refractivity contribution is 0.489. The zero-order valence-corrected chi connectivity index (χ0v) is 19.1. The predicted molar refractivity (Wildman–Crippen MR) is 123 cm³/mol. The minimum absolute atomic E-state index is 0.310. The standard InChI is InChI=1S/C21H24N2O2S2.C2H6/c1-17-16-23(27(24,25)19-9-5-4-6-10-19)21-12-11-18(15-20(17)21)26-22-13-7-2-3-8-14-22;1-2/h4-6,9-12,15-16H,2-3,7-8,13-14H2,1H3;1-2H3. The second-order valence-electron chi connectivity index (χ2n) is 7.04. The van der Waals surface area contributed by atoms with Crippen LogP contribution in [0.25, 0.3) is 10.9 Å². The Bertz CT molecular complexity index is 1040. The first-order valence-corrected chi connectivity index (χ1v) is 12.6. The van der Waals surface area contributed by atoms with Gasteiger partial charge in [-0.25, -0.2) is 16.7 Å². The van der Waals surface area contributed by atoms with E-state index in [0.717, 1.165) is 29.6 Å². The number of nitrogens with zero attached hydrogens (tertiary/aromatic N) is 2. The van der Waals surface area contributed by atoms with Gasteiger partial charge in [0, 0.05) is 29.6 Å². The molecule has 4 nitrogen and oxygen atoms in total. The maximum atomic E-state index is 13.1. The second-order valence-corrected chi connectivity index (χ2v) is 10.0. The average Bonchev–Trinajstić information content (AvgIpc) is 2.91. The zero-order chi connectivity index (χ0) is 20.9. The van der Waals surface area contributed by atoms with Crippen LogP contribution in [0.5, 0.6) is 0 Å². The molecule has 1 aliphatic heterocycles. The Balaban J connectivity index is 0.00000117. The molecule has 1 saturated heterocycles. The van der Waals surface area contributed by atoms with E-state index in [4.69, 9.17) is 0 Å². The molecule has 0 bridgehead atoms. The van der Waals surface area contributed by atoms with Crippen LogP contribution in [0.2, 0.25) is 0 Å². The molecule has 6 heteroatoms. The first-order chi connectivity index (χ1) is 14.1. The molecule has 1 aliphatic rings. The maximum absolute atomic E-state index is 13.1. The van der Waals surface area contributed by atoms with Crippen molar-refractivity contribution in [3.63, 3.8) is 0 Å².